The molecule has 0 heterocycles. The number of aliphatic hydroxyl groups is 2. The maximum atomic E-state index is 9.31. The molecule has 5 heteroatoms. The van der Waals surface area contributed by atoms with Gasteiger partial charge in [0.2, 0.25) is 0 Å². The summed E-state index contributed by atoms with van der Waals surface area (Å²) in [5, 5.41) is 18.2. The van der Waals surface area contributed by atoms with Crippen LogP contribution in [0.2, 0.25) is 0 Å². The lowest BCUT2D eigenvalue weighted by Crippen LogP contribution is -2.18. The molecule has 4 nitrogen and oxygen atoms in total. The summed E-state index contributed by atoms with van der Waals surface area (Å²) >= 11 is 1.54. The average molecular weight is 257 g/mol. The Labute approximate surface area is 106 Å². The first-order chi connectivity index (χ1) is 8.21. The molecule has 1 aromatic carbocycles. The molecule has 17 heavy (non-hydrogen) atoms. The van der Waals surface area contributed by atoms with Gasteiger partial charge in [-0.3, -0.25) is 0 Å². The Balaban J connectivity index is 2.65. The van der Waals surface area contributed by atoms with Gasteiger partial charge in [-0.05, 0) is 17.7 Å². The number of ether oxygens (including phenoxy) is 1. The highest BCUT2D eigenvalue weighted by molar-refractivity contribution is 7.99. The fourth-order valence-corrected chi connectivity index (χ4v) is 2.46. The summed E-state index contributed by atoms with van der Waals surface area (Å²) in [7, 11) is 1.62. The van der Waals surface area contributed by atoms with Crippen LogP contribution in [0.4, 0.5) is 0 Å². The number of nitrogens with two attached hydrogens (primary N) is 1. The Morgan fingerprint density at radius 1 is 1.47 bits per heavy atom. The van der Waals surface area contributed by atoms with Crippen LogP contribution in [0, 0.1) is 0 Å². The lowest BCUT2D eigenvalue weighted by Gasteiger charge is -2.17. The summed E-state index contributed by atoms with van der Waals surface area (Å²) in [6.07, 6.45) is -0.695. The Morgan fingerprint density at radius 3 is 2.82 bits per heavy atom. The number of hydrogen-bond acceptors (Lipinski definition) is 5. The van der Waals surface area contributed by atoms with Crippen LogP contribution < -0.4 is 10.5 Å². The van der Waals surface area contributed by atoms with Crippen molar-refractivity contribution in [2.24, 2.45) is 5.73 Å². The largest absolute Gasteiger partial charge is 0.497 e. The monoisotopic (exact) mass is 257 g/mol. The van der Waals surface area contributed by atoms with Crippen LogP contribution in [0.25, 0.3) is 0 Å². The van der Waals surface area contributed by atoms with Crippen LogP contribution >= 0.6 is 11.8 Å². The number of aliphatic hydroxyl groups excluding tert-OH is 2. The average Bonchev–Trinajstić information content (AvgIpc) is 2.39. The van der Waals surface area contributed by atoms with Crippen LogP contribution in [0.15, 0.2) is 24.3 Å². The van der Waals surface area contributed by atoms with E-state index < -0.39 is 6.10 Å². The van der Waals surface area contributed by atoms with E-state index in [0.29, 0.717) is 12.3 Å². The van der Waals surface area contributed by atoms with E-state index in [1.165, 1.54) is 11.8 Å². The lowest BCUT2D eigenvalue weighted by molar-refractivity contribution is 0.113. The highest BCUT2D eigenvalue weighted by Gasteiger charge is 2.13. The van der Waals surface area contributed by atoms with Crippen molar-refractivity contribution in [1.82, 2.24) is 0 Å². The Hall–Kier alpha value is -0.750. The number of methoxy groups -OCH3 is 1. The Morgan fingerprint density at radius 2 is 2.24 bits per heavy atom. The molecule has 0 bridgehead atoms. The summed E-state index contributed by atoms with van der Waals surface area (Å²) in [4.78, 5) is 0. The molecule has 0 radical (unpaired) electrons. The van der Waals surface area contributed by atoms with Gasteiger partial charge in [-0.15, -0.1) is 11.8 Å². The normalized spacial score (nSPS) is 14.4. The molecule has 96 valence electrons. The van der Waals surface area contributed by atoms with E-state index in [4.69, 9.17) is 15.6 Å². The van der Waals surface area contributed by atoms with Crippen molar-refractivity contribution in [3.63, 3.8) is 0 Å². The summed E-state index contributed by atoms with van der Waals surface area (Å²) in [6.45, 7) is 0.262. The topological polar surface area (TPSA) is 75.7 Å². The smallest absolute Gasteiger partial charge is 0.119 e. The van der Waals surface area contributed by atoms with Crippen LogP contribution in [-0.4, -0.2) is 42.3 Å². The molecule has 0 aliphatic carbocycles. The molecule has 2 unspecified atom stereocenters. The quantitative estimate of drug-likeness (QED) is 0.673. The van der Waals surface area contributed by atoms with Gasteiger partial charge in [0.1, 0.15) is 5.75 Å². The van der Waals surface area contributed by atoms with E-state index >= 15 is 0 Å². The van der Waals surface area contributed by atoms with E-state index in [2.05, 4.69) is 0 Å². The second kappa shape index (κ2) is 7.55. The zero-order chi connectivity index (χ0) is 12.7. The van der Waals surface area contributed by atoms with Crippen LogP contribution in [-0.2, 0) is 0 Å². The van der Waals surface area contributed by atoms with Gasteiger partial charge in [0.25, 0.3) is 0 Å². The molecular formula is C12H19NO3S. The van der Waals surface area contributed by atoms with E-state index in [-0.39, 0.29) is 11.9 Å². The van der Waals surface area contributed by atoms with Crippen LogP contribution in [0.5, 0.6) is 5.75 Å². The molecule has 0 aliphatic heterocycles. The molecule has 1 aromatic rings. The summed E-state index contributed by atoms with van der Waals surface area (Å²) < 4.78 is 5.16. The van der Waals surface area contributed by atoms with Gasteiger partial charge in [-0.25, -0.2) is 0 Å². The molecule has 0 fully saturated rings. The molecule has 0 spiro atoms. The molecule has 1 rings (SSSR count). The SMILES string of the molecule is COc1cccc(C(CN)SCC(O)CO)c1. The van der Waals surface area contributed by atoms with Crippen molar-refractivity contribution in [2.75, 3.05) is 26.0 Å². The molecular weight excluding hydrogens is 238 g/mol. The van der Waals surface area contributed by atoms with Crippen molar-refractivity contribution >= 4 is 11.8 Å². The Kier molecular flexibility index (Phi) is 6.36. The summed E-state index contributed by atoms with van der Waals surface area (Å²) in [5.74, 6) is 1.26. The van der Waals surface area contributed by atoms with Gasteiger partial charge in [-0.1, -0.05) is 12.1 Å². The summed E-state index contributed by atoms with van der Waals surface area (Å²) in [5.41, 5.74) is 6.79. The number of hydrogen-bond donors (Lipinski definition) is 3. The van der Waals surface area contributed by atoms with Crippen molar-refractivity contribution in [1.29, 1.82) is 0 Å². The fourth-order valence-electron chi connectivity index (χ4n) is 1.42. The first-order valence-electron chi connectivity index (χ1n) is 5.45. The zero-order valence-electron chi connectivity index (χ0n) is 9.87. The second-order valence-corrected chi connectivity index (χ2v) is 4.91. The maximum Gasteiger partial charge on any atom is 0.119 e. The van der Waals surface area contributed by atoms with Crippen LogP contribution in [0.1, 0.15) is 10.8 Å². The highest BCUT2D eigenvalue weighted by atomic mass is 32.2. The molecule has 0 saturated carbocycles. The third-order valence-corrected chi connectivity index (χ3v) is 3.82. The first kappa shape index (κ1) is 14.3. The molecule has 4 N–H and O–H groups in total. The number of benzene rings is 1. The minimum absolute atomic E-state index is 0.103. The first-order valence-corrected chi connectivity index (χ1v) is 6.50. The Bertz CT molecular complexity index is 335. The zero-order valence-corrected chi connectivity index (χ0v) is 10.7. The molecule has 0 aromatic heterocycles. The van der Waals surface area contributed by atoms with Gasteiger partial charge < -0.3 is 20.7 Å². The molecule has 0 amide bonds. The third-order valence-electron chi connectivity index (χ3n) is 2.38. The fraction of sp³-hybridized carbons (Fsp3) is 0.500. The van der Waals surface area contributed by atoms with E-state index in [1.54, 1.807) is 7.11 Å². The minimum Gasteiger partial charge on any atom is -0.497 e. The van der Waals surface area contributed by atoms with Gasteiger partial charge in [-0.2, -0.15) is 0 Å². The standard InChI is InChI=1S/C12H19NO3S/c1-16-11-4-2-3-9(5-11)12(6-13)17-8-10(15)7-14/h2-5,10,12,14-15H,6-8,13H2,1H3. The third kappa shape index (κ3) is 4.55. The van der Waals surface area contributed by atoms with Crippen molar-refractivity contribution in [2.45, 2.75) is 11.4 Å². The summed E-state index contributed by atoms with van der Waals surface area (Å²) in [6, 6.07) is 7.72. The van der Waals surface area contributed by atoms with E-state index in [9.17, 15) is 5.11 Å². The molecule has 0 aliphatic rings. The second-order valence-electron chi connectivity index (χ2n) is 3.67. The van der Waals surface area contributed by atoms with E-state index in [0.717, 1.165) is 11.3 Å². The molecule has 2 atom stereocenters. The minimum atomic E-state index is -0.695. The van der Waals surface area contributed by atoms with Crippen molar-refractivity contribution in [3.8, 4) is 5.75 Å². The predicted octanol–water partition coefficient (Wildman–Crippen LogP) is 0.781. The van der Waals surface area contributed by atoms with Crippen molar-refractivity contribution in [3.05, 3.63) is 29.8 Å². The molecule has 0 saturated heterocycles. The maximum absolute atomic E-state index is 9.31. The van der Waals surface area contributed by atoms with Crippen LogP contribution in [0.3, 0.4) is 0 Å². The highest BCUT2D eigenvalue weighted by Crippen LogP contribution is 2.30. The number of thioether (sulfide) groups is 1. The number of rotatable bonds is 7. The van der Waals surface area contributed by atoms with E-state index in [1.807, 2.05) is 24.3 Å². The lowest BCUT2D eigenvalue weighted by atomic mass is 10.1. The van der Waals surface area contributed by atoms with Gasteiger partial charge in [0.15, 0.2) is 0 Å². The van der Waals surface area contributed by atoms with Gasteiger partial charge >= 0.3 is 0 Å². The van der Waals surface area contributed by atoms with Gasteiger partial charge in [0, 0.05) is 17.5 Å². The van der Waals surface area contributed by atoms with Gasteiger partial charge in [0.05, 0.1) is 19.8 Å². The van der Waals surface area contributed by atoms with Crippen molar-refractivity contribution < 1.29 is 14.9 Å². The predicted molar refractivity (Wildman–Crippen MR) is 70.3 cm³/mol.